The molecule has 2 aliphatic heterocycles. The molecule has 1 saturated carbocycles. The predicted octanol–water partition coefficient (Wildman–Crippen LogP) is 4.57. The van der Waals surface area contributed by atoms with Crippen LogP contribution in [0.4, 0.5) is 36.3 Å². The number of alkyl halides is 3. The molecule has 2 aromatic rings. The van der Waals surface area contributed by atoms with Crippen LogP contribution in [0, 0.1) is 0 Å². The van der Waals surface area contributed by atoms with Crippen LogP contribution in [0.1, 0.15) is 52.4 Å². The summed E-state index contributed by atoms with van der Waals surface area (Å²) in [4.78, 5) is 25.8. The molecule has 0 unspecified atom stereocenters. The molecule has 0 bridgehead atoms. The molecular formula is C26H32F3N5O4. The van der Waals surface area contributed by atoms with Gasteiger partial charge in [0.15, 0.2) is 23.8 Å². The van der Waals surface area contributed by atoms with Crippen molar-refractivity contribution in [3.63, 3.8) is 0 Å². The maximum atomic E-state index is 13.3. The van der Waals surface area contributed by atoms with Crippen LogP contribution < -0.4 is 24.6 Å². The average Bonchev–Trinajstić information content (AvgIpc) is 3.39. The van der Waals surface area contributed by atoms with Crippen molar-refractivity contribution in [3.05, 3.63) is 24.4 Å². The number of hydrogen-bond acceptors (Lipinski definition) is 8. The molecule has 38 heavy (non-hydrogen) atoms. The highest BCUT2D eigenvalue weighted by atomic mass is 19.4. The SMILES string of the molecule is CC1(C)Oc2cnc(Nc3ccc(N4CCC(O)CC4)cc3OCC(F)(F)F)nc2N(C2CCCC2)C1=O. The van der Waals surface area contributed by atoms with Crippen molar-refractivity contribution >= 4 is 29.0 Å². The molecule has 3 heterocycles. The number of piperidine rings is 1. The zero-order valence-corrected chi connectivity index (χ0v) is 21.4. The Kier molecular flexibility index (Phi) is 7.01. The van der Waals surface area contributed by atoms with Crippen LogP contribution in [0.5, 0.6) is 11.5 Å². The first-order valence-corrected chi connectivity index (χ1v) is 12.9. The second-order valence-electron chi connectivity index (χ2n) is 10.5. The molecule has 12 heteroatoms. The minimum atomic E-state index is -4.52. The molecule has 206 valence electrons. The molecule has 0 spiro atoms. The van der Waals surface area contributed by atoms with Gasteiger partial charge in [0, 0.05) is 30.9 Å². The van der Waals surface area contributed by atoms with Crippen LogP contribution in [-0.2, 0) is 4.79 Å². The average molecular weight is 536 g/mol. The van der Waals surface area contributed by atoms with Crippen molar-refractivity contribution in [2.24, 2.45) is 0 Å². The van der Waals surface area contributed by atoms with Crippen molar-refractivity contribution in [1.29, 1.82) is 0 Å². The summed E-state index contributed by atoms with van der Waals surface area (Å²) in [7, 11) is 0. The van der Waals surface area contributed by atoms with Gasteiger partial charge in [-0.25, -0.2) is 4.98 Å². The Morgan fingerprint density at radius 2 is 1.89 bits per heavy atom. The summed E-state index contributed by atoms with van der Waals surface area (Å²) in [6, 6.07) is 4.94. The van der Waals surface area contributed by atoms with Gasteiger partial charge in [-0.05, 0) is 51.7 Å². The molecule has 0 atom stereocenters. The summed E-state index contributed by atoms with van der Waals surface area (Å²) < 4.78 is 50.1. The third kappa shape index (κ3) is 5.59. The van der Waals surface area contributed by atoms with E-state index < -0.39 is 18.4 Å². The van der Waals surface area contributed by atoms with Crippen LogP contribution in [0.15, 0.2) is 24.4 Å². The standard InChI is InChI=1S/C26H32F3N5O4/c1-25(2)23(36)34(16-5-3-4-6-16)22-21(38-25)14-30-24(32-22)31-19-8-7-17(33-11-9-18(35)10-12-33)13-20(19)37-15-26(27,28)29/h7-8,13-14,16,18,35H,3-6,9-12,15H2,1-2H3,(H,30,31,32). The number of amides is 1. The largest absolute Gasteiger partial charge is 0.482 e. The highest BCUT2D eigenvalue weighted by Gasteiger charge is 2.45. The lowest BCUT2D eigenvalue weighted by atomic mass is 10.0. The highest BCUT2D eigenvalue weighted by Crippen LogP contribution is 2.41. The van der Waals surface area contributed by atoms with Crippen LogP contribution in [0.25, 0.3) is 0 Å². The summed E-state index contributed by atoms with van der Waals surface area (Å²) in [5, 5.41) is 12.8. The van der Waals surface area contributed by atoms with Crippen LogP contribution in [0.3, 0.4) is 0 Å². The molecule has 9 nitrogen and oxygen atoms in total. The number of aromatic nitrogens is 2. The number of nitrogens with one attached hydrogen (secondary N) is 1. The highest BCUT2D eigenvalue weighted by molar-refractivity contribution is 6.02. The molecule has 1 saturated heterocycles. The number of fused-ring (bicyclic) bond motifs is 1. The summed E-state index contributed by atoms with van der Waals surface area (Å²) in [6.07, 6.45) is 1.50. The third-order valence-electron chi connectivity index (χ3n) is 7.19. The Hall–Kier alpha value is -3.28. The number of benzene rings is 1. The quantitative estimate of drug-likeness (QED) is 0.555. The van der Waals surface area contributed by atoms with E-state index in [0.29, 0.717) is 43.2 Å². The zero-order valence-electron chi connectivity index (χ0n) is 21.4. The maximum Gasteiger partial charge on any atom is 0.422 e. The van der Waals surface area contributed by atoms with E-state index in [4.69, 9.17) is 9.47 Å². The fourth-order valence-corrected chi connectivity index (χ4v) is 5.21. The smallest absolute Gasteiger partial charge is 0.422 e. The molecule has 3 aliphatic rings. The van der Waals surface area contributed by atoms with E-state index >= 15 is 0 Å². The Bertz CT molecular complexity index is 1180. The van der Waals surface area contributed by atoms with Gasteiger partial charge in [0.05, 0.1) is 18.0 Å². The second kappa shape index (κ2) is 10.1. The van der Waals surface area contributed by atoms with E-state index in [1.165, 1.54) is 6.20 Å². The number of nitrogens with zero attached hydrogens (tertiary/aromatic N) is 4. The fraction of sp³-hybridized carbons (Fsp3) is 0.577. The lowest BCUT2D eigenvalue weighted by Gasteiger charge is -2.40. The first-order chi connectivity index (χ1) is 18.0. The molecule has 1 amide bonds. The summed E-state index contributed by atoms with van der Waals surface area (Å²) in [5.74, 6) is 0.636. The molecule has 0 radical (unpaired) electrons. The normalized spacial score (nSPS) is 20.3. The number of ether oxygens (including phenoxy) is 2. The van der Waals surface area contributed by atoms with Crippen LogP contribution in [-0.4, -0.2) is 64.6 Å². The van der Waals surface area contributed by atoms with E-state index in [1.54, 1.807) is 36.9 Å². The van der Waals surface area contributed by atoms with E-state index in [1.807, 2.05) is 4.90 Å². The van der Waals surface area contributed by atoms with Gasteiger partial charge in [0.2, 0.25) is 5.95 Å². The second-order valence-corrected chi connectivity index (χ2v) is 10.5. The summed E-state index contributed by atoms with van der Waals surface area (Å²) in [5.41, 5.74) is -0.113. The number of hydrogen-bond donors (Lipinski definition) is 2. The predicted molar refractivity (Wildman–Crippen MR) is 135 cm³/mol. The minimum Gasteiger partial charge on any atom is -0.482 e. The van der Waals surface area contributed by atoms with Crippen LogP contribution in [0.2, 0.25) is 0 Å². The maximum absolute atomic E-state index is 13.3. The molecular weight excluding hydrogens is 503 g/mol. The molecule has 2 fully saturated rings. The number of carbonyl (C=O) groups is 1. The topological polar surface area (TPSA) is 100 Å². The summed E-state index contributed by atoms with van der Waals surface area (Å²) in [6.45, 7) is 3.13. The van der Waals surface area contributed by atoms with Gasteiger partial charge < -0.3 is 24.8 Å². The van der Waals surface area contributed by atoms with Gasteiger partial charge in [-0.15, -0.1) is 0 Å². The number of halogens is 3. The lowest BCUT2D eigenvalue weighted by Crippen LogP contribution is -2.55. The minimum absolute atomic E-state index is 0.000185. The van der Waals surface area contributed by atoms with Gasteiger partial charge in [-0.2, -0.15) is 18.2 Å². The van der Waals surface area contributed by atoms with E-state index in [2.05, 4.69) is 15.3 Å². The first-order valence-electron chi connectivity index (χ1n) is 12.9. The van der Waals surface area contributed by atoms with Crippen LogP contribution >= 0.6 is 0 Å². The summed E-state index contributed by atoms with van der Waals surface area (Å²) >= 11 is 0. The van der Waals surface area contributed by atoms with Gasteiger partial charge in [-0.3, -0.25) is 9.69 Å². The lowest BCUT2D eigenvalue weighted by molar-refractivity contribution is -0.153. The molecule has 1 aromatic carbocycles. The number of aliphatic hydroxyl groups is 1. The Balaban J connectivity index is 1.45. The first kappa shape index (κ1) is 26.3. The number of anilines is 4. The van der Waals surface area contributed by atoms with E-state index in [-0.39, 0.29) is 35.4 Å². The zero-order chi connectivity index (χ0) is 27.1. The number of aliphatic hydroxyl groups excluding tert-OH is 1. The van der Waals surface area contributed by atoms with Gasteiger partial charge in [0.25, 0.3) is 5.91 Å². The monoisotopic (exact) mass is 535 g/mol. The molecule has 5 rings (SSSR count). The van der Waals surface area contributed by atoms with Crippen molar-refractivity contribution in [2.45, 2.75) is 76.3 Å². The van der Waals surface area contributed by atoms with Crippen molar-refractivity contribution in [1.82, 2.24) is 9.97 Å². The number of rotatable bonds is 6. The van der Waals surface area contributed by atoms with Gasteiger partial charge in [0.1, 0.15) is 5.75 Å². The molecule has 1 aliphatic carbocycles. The Labute approximate surface area is 218 Å². The van der Waals surface area contributed by atoms with Gasteiger partial charge in [-0.1, -0.05) is 12.8 Å². The molecule has 2 N–H and O–H groups in total. The van der Waals surface area contributed by atoms with Crippen molar-refractivity contribution in [2.75, 3.05) is 34.8 Å². The Morgan fingerprint density at radius 1 is 1.18 bits per heavy atom. The van der Waals surface area contributed by atoms with E-state index in [9.17, 15) is 23.1 Å². The fourth-order valence-electron chi connectivity index (χ4n) is 5.21. The number of carbonyl (C=O) groups excluding carboxylic acids is 1. The van der Waals surface area contributed by atoms with Crippen molar-refractivity contribution in [3.8, 4) is 11.5 Å². The van der Waals surface area contributed by atoms with Gasteiger partial charge >= 0.3 is 6.18 Å². The Morgan fingerprint density at radius 3 is 2.58 bits per heavy atom. The molecule has 1 aromatic heterocycles. The third-order valence-corrected chi connectivity index (χ3v) is 7.19. The van der Waals surface area contributed by atoms with Crippen molar-refractivity contribution < 1.29 is 32.5 Å². The van der Waals surface area contributed by atoms with E-state index in [0.717, 1.165) is 25.7 Å².